The quantitative estimate of drug-likeness (QED) is 0.773. The van der Waals surface area contributed by atoms with Crippen molar-refractivity contribution in [2.24, 2.45) is 5.73 Å². The van der Waals surface area contributed by atoms with Gasteiger partial charge in [-0.15, -0.1) is 12.4 Å². The maximum Gasteiger partial charge on any atom is 0.252 e. The molecule has 1 heterocycles. The minimum Gasteiger partial charge on any atom is -0.352 e. The highest BCUT2D eigenvalue weighted by molar-refractivity contribution is 7.08. The van der Waals surface area contributed by atoms with E-state index in [1.54, 1.807) is 16.8 Å². The van der Waals surface area contributed by atoms with Gasteiger partial charge in [0.15, 0.2) is 11.6 Å². The molecule has 0 saturated carbocycles. The molecule has 0 aliphatic heterocycles. The van der Waals surface area contributed by atoms with Crippen LogP contribution in [0.2, 0.25) is 0 Å². The van der Waals surface area contributed by atoms with Crippen molar-refractivity contribution in [1.82, 2.24) is 5.32 Å². The summed E-state index contributed by atoms with van der Waals surface area (Å²) in [6.45, 7) is 0.321. The molecule has 3 N–H and O–H groups in total. The maximum absolute atomic E-state index is 13.5. The number of hydrogen-bond acceptors (Lipinski definition) is 3. The molecule has 1 amide bonds. The van der Waals surface area contributed by atoms with Crippen molar-refractivity contribution < 1.29 is 18.0 Å². The number of carbonyl (C=O) groups is 1. The Morgan fingerprint density at radius 1 is 1.22 bits per heavy atom. The third-order valence-electron chi connectivity index (χ3n) is 3.16. The van der Waals surface area contributed by atoms with Crippen LogP contribution in [-0.2, 0) is 6.42 Å². The van der Waals surface area contributed by atoms with E-state index in [1.807, 2.05) is 0 Å². The Balaban J connectivity index is 0.00000264. The van der Waals surface area contributed by atoms with Crippen LogP contribution in [0.15, 0.2) is 29.0 Å². The van der Waals surface area contributed by atoms with E-state index in [4.69, 9.17) is 5.73 Å². The third-order valence-corrected chi connectivity index (χ3v) is 3.84. The molecule has 1 aromatic carbocycles. The SMILES string of the molecule is Cl.N[C@@H](CCNC(=O)c1ccsc1)Cc1cc(F)c(F)cc1F. The van der Waals surface area contributed by atoms with Gasteiger partial charge in [-0.2, -0.15) is 11.3 Å². The normalized spacial score (nSPS) is 11.7. The number of thiophene rings is 1. The molecule has 0 fully saturated rings. The van der Waals surface area contributed by atoms with Crippen LogP contribution in [0.25, 0.3) is 0 Å². The number of benzene rings is 1. The van der Waals surface area contributed by atoms with Crippen molar-refractivity contribution in [3.63, 3.8) is 0 Å². The van der Waals surface area contributed by atoms with Crippen LogP contribution >= 0.6 is 23.7 Å². The van der Waals surface area contributed by atoms with E-state index in [0.29, 0.717) is 24.6 Å². The zero-order valence-corrected chi connectivity index (χ0v) is 13.7. The van der Waals surface area contributed by atoms with Crippen LogP contribution in [-0.4, -0.2) is 18.5 Å². The van der Waals surface area contributed by atoms with E-state index < -0.39 is 23.5 Å². The first-order chi connectivity index (χ1) is 10.5. The van der Waals surface area contributed by atoms with E-state index in [1.165, 1.54) is 11.3 Å². The van der Waals surface area contributed by atoms with Gasteiger partial charge in [-0.05, 0) is 35.9 Å². The zero-order valence-electron chi connectivity index (χ0n) is 12.0. The van der Waals surface area contributed by atoms with Crippen LogP contribution in [0, 0.1) is 17.5 Å². The molecule has 8 heteroatoms. The zero-order chi connectivity index (χ0) is 16.1. The van der Waals surface area contributed by atoms with Gasteiger partial charge in [-0.1, -0.05) is 0 Å². The van der Waals surface area contributed by atoms with E-state index in [-0.39, 0.29) is 30.3 Å². The summed E-state index contributed by atoms with van der Waals surface area (Å²) in [6, 6.07) is 2.56. The fourth-order valence-electron chi connectivity index (χ4n) is 1.97. The predicted molar refractivity (Wildman–Crippen MR) is 86.5 cm³/mol. The van der Waals surface area contributed by atoms with Gasteiger partial charge in [0.25, 0.3) is 5.91 Å². The minimum atomic E-state index is -1.22. The summed E-state index contributed by atoms with van der Waals surface area (Å²) < 4.78 is 39.4. The highest BCUT2D eigenvalue weighted by Gasteiger charge is 2.13. The van der Waals surface area contributed by atoms with Crippen molar-refractivity contribution in [3.05, 3.63) is 57.5 Å². The average molecular weight is 365 g/mol. The lowest BCUT2D eigenvalue weighted by molar-refractivity contribution is 0.0953. The molecule has 1 aromatic heterocycles. The fraction of sp³-hybridized carbons (Fsp3) is 0.267. The Bertz CT molecular complexity index is 652. The molecule has 126 valence electrons. The molecule has 1 atom stereocenters. The highest BCUT2D eigenvalue weighted by atomic mass is 35.5. The molecule has 3 nitrogen and oxygen atoms in total. The van der Waals surface area contributed by atoms with Gasteiger partial charge in [0.05, 0.1) is 0 Å². The van der Waals surface area contributed by atoms with Gasteiger partial charge < -0.3 is 11.1 Å². The number of hydrogen-bond donors (Lipinski definition) is 2. The summed E-state index contributed by atoms with van der Waals surface area (Å²) in [4.78, 5) is 11.7. The van der Waals surface area contributed by atoms with Gasteiger partial charge >= 0.3 is 0 Å². The molecule has 0 bridgehead atoms. The molecule has 0 radical (unpaired) electrons. The van der Waals surface area contributed by atoms with Crippen LogP contribution in [0.4, 0.5) is 13.2 Å². The van der Waals surface area contributed by atoms with Crippen LogP contribution < -0.4 is 11.1 Å². The van der Waals surface area contributed by atoms with E-state index in [9.17, 15) is 18.0 Å². The second-order valence-corrected chi connectivity index (χ2v) is 5.66. The number of carbonyl (C=O) groups excluding carboxylic acids is 1. The second kappa shape index (κ2) is 8.90. The molecule has 0 unspecified atom stereocenters. The molecule has 23 heavy (non-hydrogen) atoms. The molecular formula is C15H16ClF3N2OS. The number of nitrogens with one attached hydrogen (secondary N) is 1. The predicted octanol–water partition coefficient (Wildman–Crippen LogP) is 3.28. The van der Waals surface area contributed by atoms with E-state index in [0.717, 1.165) is 6.07 Å². The summed E-state index contributed by atoms with van der Waals surface area (Å²) in [7, 11) is 0. The number of halogens is 4. The lowest BCUT2D eigenvalue weighted by Gasteiger charge is -2.13. The van der Waals surface area contributed by atoms with Crippen LogP contribution in [0.5, 0.6) is 0 Å². The Hall–Kier alpha value is -1.57. The lowest BCUT2D eigenvalue weighted by atomic mass is 10.0. The fourth-order valence-corrected chi connectivity index (χ4v) is 2.61. The Morgan fingerprint density at radius 3 is 2.57 bits per heavy atom. The van der Waals surface area contributed by atoms with Crippen molar-refractivity contribution in [2.75, 3.05) is 6.54 Å². The van der Waals surface area contributed by atoms with Gasteiger partial charge in [-0.25, -0.2) is 13.2 Å². The lowest BCUT2D eigenvalue weighted by Crippen LogP contribution is -2.31. The summed E-state index contributed by atoms with van der Waals surface area (Å²) in [6.07, 6.45) is 0.464. The molecule has 2 rings (SSSR count). The first-order valence-electron chi connectivity index (χ1n) is 6.66. The molecule has 0 spiro atoms. The maximum atomic E-state index is 13.5. The van der Waals surface area contributed by atoms with E-state index >= 15 is 0 Å². The van der Waals surface area contributed by atoms with Crippen molar-refractivity contribution >= 4 is 29.7 Å². The number of rotatable bonds is 6. The molecular weight excluding hydrogens is 349 g/mol. The molecule has 2 aromatic rings. The minimum absolute atomic E-state index is 0. The van der Waals surface area contributed by atoms with Crippen molar-refractivity contribution in [1.29, 1.82) is 0 Å². The van der Waals surface area contributed by atoms with Gasteiger partial charge in [0, 0.05) is 29.6 Å². The Morgan fingerprint density at radius 2 is 1.91 bits per heavy atom. The van der Waals surface area contributed by atoms with Crippen LogP contribution in [0.1, 0.15) is 22.3 Å². The second-order valence-electron chi connectivity index (χ2n) is 4.88. The van der Waals surface area contributed by atoms with Crippen molar-refractivity contribution in [3.8, 4) is 0 Å². The average Bonchev–Trinajstić information content (AvgIpc) is 2.99. The number of nitrogens with two attached hydrogens (primary N) is 1. The first kappa shape index (κ1) is 19.5. The topological polar surface area (TPSA) is 55.1 Å². The molecule has 0 saturated heterocycles. The van der Waals surface area contributed by atoms with Crippen LogP contribution in [0.3, 0.4) is 0 Å². The van der Waals surface area contributed by atoms with Crippen molar-refractivity contribution in [2.45, 2.75) is 18.9 Å². The van der Waals surface area contributed by atoms with Gasteiger partial charge in [0.2, 0.25) is 0 Å². The Labute approximate surface area is 142 Å². The molecule has 0 aliphatic carbocycles. The summed E-state index contributed by atoms with van der Waals surface area (Å²) in [5.74, 6) is -3.35. The van der Waals surface area contributed by atoms with E-state index in [2.05, 4.69) is 5.32 Å². The summed E-state index contributed by atoms with van der Waals surface area (Å²) >= 11 is 1.42. The summed E-state index contributed by atoms with van der Waals surface area (Å²) in [5.41, 5.74) is 6.43. The van der Waals surface area contributed by atoms with Gasteiger partial charge in [-0.3, -0.25) is 4.79 Å². The highest BCUT2D eigenvalue weighted by Crippen LogP contribution is 2.15. The third kappa shape index (κ3) is 5.53. The Kier molecular flexibility index (Phi) is 7.54. The van der Waals surface area contributed by atoms with Gasteiger partial charge in [0.1, 0.15) is 5.82 Å². The monoisotopic (exact) mass is 364 g/mol. The largest absolute Gasteiger partial charge is 0.352 e. The number of amides is 1. The molecule has 0 aliphatic rings. The summed E-state index contributed by atoms with van der Waals surface area (Å²) in [5, 5.41) is 6.22. The standard InChI is InChI=1S/C15H15F3N2OS.ClH/c16-12-7-14(18)13(17)6-10(12)5-11(19)1-3-20-15(21)9-2-4-22-8-9;/h2,4,6-8,11H,1,3,5,19H2,(H,20,21);1H/t11-;/m0./s1. The smallest absolute Gasteiger partial charge is 0.252 e. The first-order valence-corrected chi connectivity index (χ1v) is 7.61.